The van der Waals surface area contributed by atoms with Crippen molar-refractivity contribution in [2.45, 2.75) is 0 Å². The Balaban J connectivity index is 0.00000243. The van der Waals surface area contributed by atoms with Crippen molar-refractivity contribution < 1.29 is 4.79 Å². The predicted molar refractivity (Wildman–Crippen MR) is 113 cm³/mol. The van der Waals surface area contributed by atoms with E-state index in [-0.39, 0.29) is 24.9 Å². The highest BCUT2D eigenvalue weighted by Gasteiger charge is 2.25. The predicted octanol–water partition coefficient (Wildman–Crippen LogP) is 4.70. The van der Waals surface area contributed by atoms with E-state index >= 15 is 0 Å². The Labute approximate surface area is 173 Å². The molecule has 0 fully saturated rings. The number of carbonyl (C=O) groups is 1. The van der Waals surface area contributed by atoms with Gasteiger partial charge >= 0.3 is 0 Å². The van der Waals surface area contributed by atoms with Crippen LogP contribution in [0.15, 0.2) is 52.4 Å². The quantitative estimate of drug-likeness (QED) is 0.525. The van der Waals surface area contributed by atoms with Crippen LogP contribution < -0.4 is 4.90 Å². The first-order chi connectivity index (χ1) is 12.1. The lowest BCUT2D eigenvalue weighted by molar-refractivity contribution is -0.117. The van der Waals surface area contributed by atoms with Crippen LogP contribution in [0.2, 0.25) is 10.0 Å². The summed E-state index contributed by atoms with van der Waals surface area (Å²) in [6.07, 6.45) is 0. The Morgan fingerprint density at radius 2 is 1.85 bits per heavy atom. The summed E-state index contributed by atoms with van der Waals surface area (Å²) in [5.74, 6) is -0.105. The van der Waals surface area contributed by atoms with Crippen LogP contribution >= 0.6 is 47.8 Å². The van der Waals surface area contributed by atoms with Crippen molar-refractivity contribution in [1.29, 1.82) is 0 Å². The van der Waals surface area contributed by atoms with Gasteiger partial charge in [-0.25, -0.2) is 4.99 Å². The molecule has 1 heterocycles. The molecule has 0 spiro atoms. The van der Waals surface area contributed by atoms with Gasteiger partial charge in [-0.3, -0.25) is 9.79 Å². The first-order valence-electron chi connectivity index (χ1n) is 7.54. The number of nitrogens with zero attached hydrogens (tertiary/aromatic N) is 3. The lowest BCUT2D eigenvalue weighted by Gasteiger charge is -2.22. The van der Waals surface area contributed by atoms with E-state index in [1.54, 1.807) is 23.1 Å². The van der Waals surface area contributed by atoms with Crippen molar-refractivity contribution in [1.82, 2.24) is 0 Å². The number of halogens is 3. The minimum Gasteiger partial charge on any atom is -0.308 e. The number of thiocarbonyl (C=S) groups is 1. The van der Waals surface area contributed by atoms with Gasteiger partial charge in [0.15, 0.2) is 0 Å². The van der Waals surface area contributed by atoms with Crippen molar-refractivity contribution in [3.8, 4) is 0 Å². The Bertz CT molecular complexity index is 893. The van der Waals surface area contributed by atoms with Crippen molar-refractivity contribution in [3.63, 3.8) is 0 Å². The van der Waals surface area contributed by atoms with E-state index in [0.717, 1.165) is 16.8 Å². The molecule has 0 N–H and O–H groups in total. The molecule has 2 aromatic rings. The van der Waals surface area contributed by atoms with Crippen molar-refractivity contribution in [3.05, 3.63) is 63.6 Å². The fourth-order valence-electron chi connectivity index (χ4n) is 2.68. The van der Waals surface area contributed by atoms with Gasteiger partial charge in [0, 0.05) is 27.7 Å². The van der Waals surface area contributed by atoms with Crippen LogP contribution in [-0.2, 0) is 4.79 Å². The molecule has 0 aliphatic carbocycles. The van der Waals surface area contributed by atoms with Gasteiger partial charge in [-0.2, -0.15) is 0 Å². The maximum absolute atomic E-state index is 12.6. The molecule has 0 aromatic heterocycles. The van der Waals surface area contributed by atoms with Gasteiger partial charge in [-0.15, -0.1) is 12.4 Å². The second-order valence-electron chi connectivity index (χ2n) is 5.35. The summed E-state index contributed by atoms with van der Waals surface area (Å²) in [6, 6.07) is 12.7. The van der Waals surface area contributed by atoms with E-state index in [4.69, 9.17) is 23.2 Å². The minimum atomic E-state index is -0.105. The van der Waals surface area contributed by atoms with Gasteiger partial charge in [0.1, 0.15) is 6.54 Å². The Kier molecular flexibility index (Phi) is 7.33. The number of anilines is 1. The zero-order valence-electron chi connectivity index (χ0n) is 13.5. The second-order valence-corrected chi connectivity index (χ2v) is 6.41. The van der Waals surface area contributed by atoms with E-state index in [9.17, 15) is 4.79 Å². The number of benzene rings is 2. The highest BCUT2D eigenvalue weighted by molar-refractivity contribution is 7.78. The lowest BCUT2D eigenvalue weighted by atomic mass is 10.00. The van der Waals surface area contributed by atoms with Crippen LogP contribution in [0, 0.1) is 0 Å². The standard InChI is InChI=1S/C18H13Cl2N3OS.ClH/c19-13-3-1-12(2-4-13)18-15-9-14(20)5-6-16(15)23(8-7-21-11-25)17(24)10-22-18;/h1-6,9H,7-8,10H2;1H. The summed E-state index contributed by atoms with van der Waals surface area (Å²) in [5.41, 5.74) is 3.13. The first kappa shape index (κ1) is 20.6. The number of isothiocyanates is 1. The number of hydrogen-bond acceptors (Lipinski definition) is 4. The zero-order valence-corrected chi connectivity index (χ0v) is 16.6. The molecule has 0 saturated heterocycles. The molecule has 134 valence electrons. The average molecular weight is 427 g/mol. The smallest absolute Gasteiger partial charge is 0.248 e. The summed E-state index contributed by atoms with van der Waals surface area (Å²) >= 11 is 16.8. The van der Waals surface area contributed by atoms with Crippen LogP contribution in [0.5, 0.6) is 0 Å². The summed E-state index contributed by atoms with van der Waals surface area (Å²) in [4.78, 5) is 22.6. The monoisotopic (exact) mass is 425 g/mol. The summed E-state index contributed by atoms with van der Waals surface area (Å²) < 4.78 is 0. The lowest BCUT2D eigenvalue weighted by Crippen LogP contribution is -2.34. The van der Waals surface area contributed by atoms with Crippen LogP contribution in [0.4, 0.5) is 5.69 Å². The third kappa shape index (κ3) is 4.50. The number of rotatable bonds is 4. The van der Waals surface area contributed by atoms with Gasteiger partial charge in [0.05, 0.1) is 23.1 Å². The molecule has 1 amide bonds. The third-order valence-electron chi connectivity index (χ3n) is 3.80. The highest BCUT2D eigenvalue weighted by atomic mass is 35.5. The molecule has 0 saturated carbocycles. The fourth-order valence-corrected chi connectivity index (χ4v) is 3.07. The number of carbonyl (C=O) groups excluding carboxylic acids is 1. The molecule has 26 heavy (non-hydrogen) atoms. The Morgan fingerprint density at radius 1 is 1.15 bits per heavy atom. The van der Waals surface area contributed by atoms with Crippen LogP contribution in [0.1, 0.15) is 11.1 Å². The maximum Gasteiger partial charge on any atom is 0.248 e. The molecular weight excluding hydrogens is 413 g/mol. The highest BCUT2D eigenvalue weighted by Crippen LogP contribution is 2.29. The SMILES string of the molecule is Cl.O=C1CN=C(c2ccc(Cl)cc2)c2cc(Cl)ccc2N1CCN=C=S. The van der Waals surface area contributed by atoms with E-state index in [1.165, 1.54) is 0 Å². The van der Waals surface area contributed by atoms with Gasteiger partial charge in [-0.05, 0) is 42.5 Å². The summed E-state index contributed by atoms with van der Waals surface area (Å²) in [7, 11) is 0. The molecule has 1 aliphatic rings. The molecule has 3 rings (SSSR count). The normalized spacial score (nSPS) is 13.1. The molecule has 2 aromatic carbocycles. The van der Waals surface area contributed by atoms with Gasteiger partial charge in [0.2, 0.25) is 5.91 Å². The maximum atomic E-state index is 12.6. The average Bonchev–Trinajstić information content (AvgIpc) is 2.73. The zero-order chi connectivity index (χ0) is 17.8. The molecular formula is C18H14Cl3N3OS. The fraction of sp³-hybridized carbons (Fsp3) is 0.167. The largest absolute Gasteiger partial charge is 0.308 e. The van der Waals surface area contributed by atoms with Crippen LogP contribution in [0.25, 0.3) is 0 Å². The third-order valence-corrected chi connectivity index (χ3v) is 4.41. The summed E-state index contributed by atoms with van der Waals surface area (Å²) in [6.45, 7) is 0.833. The Morgan fingerprint density at radius 3 is 2.54 bits per heavy atom. The van der Waals surface area contributed by atoms with Gasteiger partial charge in [-0.1, -0.05) is 35.3 Å². The topological polar surface area (TPSA) is 45.0 Å². The molecule has 1 aliphatic heterocycles. The molecule has 0 radical (unpaired) electrons. The molecule has 4 nitrogen and oxygen atoms in total. The summed E-state index contributed by atoms with van der Waals surface area (Å²) in [5, 5.41) is 3.53. The van der Waals surface area contributed by atoms with E-state index < -0.39 is 0 Å². The van der Waals surface area contributed by atoms with E-state index in [0.29, 0.717) is 28.8 Å². The van der Waals surface area contributed by atoms with Crippen molar-refractivity contribution in [2.24, 2.45) is 9.98 Å². The Hall–Kier alpha value is -1.75. The van der Waals surface area contributed by atoms with E-state index in [2.05, 4.69) is 27.4 Å². The number of benzodiazepines with no additional fused rings is 1. The number of hydrogen-bond donors (Lipinski definition) is 0. The molecule has 0 atom stereocenters. The van der Waals surface area contributed by atoms with Crippen LogP contribution in [0.3, 0.4) is 0 Å². The van der Waals surface area contributed by atoms with E-state index in [1.807, 2.05) is 24.3 Å². The van der Waals surface area contributed by atoms with Gasteiger partial charge < -0.3 is 4.90 Å². The number of aliphatic imine (C=N–C) groups is 2. The number of fused-ring (bicyclic) bond motifs is 1. The van der Waals surface area contributed by atoms with Crippen molar-refractivity contribution >= 4 is 70.3 Å². The number of amides is 1. The first-order valence-corrected chi connectivity index (χ1v) is 8.71. The molecule has 0 unspecified atom stereocenters. The van der Waals surface area contributed by atoms with Gasteiger partial charge in [0.25, 0.3) is 0 Å². The molecule has 0 bridgehead atoms. The second kappa shape index (κ2) is 9.26. The minimum absolute atomic E-state index is 0. The van der Waals surface area contributed by atoms with Crippen LogP contribution in [-0.4, -0.2) is 36.4 Å². The molecule has 8 heteroatoms. The van der Waals surface area contributed by atoms with Crippen molar-refractivity contribution in [2.75, 3.05) is 24.5 Å².